The van der Waals surface area contributed by atoms with E-state index in [1.54, 1.807) is 18.3 Å². The van der Waals surface area contributed by atoms with Crippen LogP contribution in [0.15, 0.2) is 42.7 Å². The predicted molar refractivity (Wildman–Crippen MR) is 70.6 cm³/mol. The number of pyridine rings is 2. The summed E-state index contributed by atoms with van der Waals surface area (Å²) in [5, 5.41) is 9.07. The molecule has 2 aromatic rings. The Morgan fingerprint density at radius 3 is 2.63 bits per heavy atom. The fourth-order valence-corrected chi connectivity index (χ4v) is 1.87. The number of nitrogens with zero attached hydrogens (tertiary/aromatic N) is 3. The molecule has 5 nitrogen and oxygen atoms in total. The summed E-state index contributed by atoms with van der Waals surface area (Å²) >= 11 is 0. The molecular weight excluding hydrogens is 242 g/mol. The van der Waals surface area contributed by atoms with Crippen molar-refractivity contribution in [3.05, 3.63) is 59.7 Å². The minimum Gasteiger partial charge on any atom is -0.477 e. The maximum Gasteiger partial charge on any atom is 0.354 e. The van der Waals surface area contributed by atoms with Gasteiger partial charge in [0.1, 0.15) is 0 Å². The van der Waals surface area contributed by atoms with Gasteiger partial charge in [0, 0.05) is 25.5 Å². The lowest BCUT2D eigenvalue weighted by molar-refractivity contribution is 0.0688. The smallest absolute Gasteiger partial charge is 0.354 e. The lowest BCUT2D eigenvalue weighted by Crippen LogP contribution is -2.20. The maximum atomic E-state index is 11.1. The van der Waals surface area contributed by atoms with Gasteiger partial charge in [-0.3, -0.25) is 9.88 Å². The van der Waals surface area contributed by atoms with Crippen molar-refractivity contribution in [2.45, 2.75) is 13.1 Å². The van der Waals surface area contributed by atoms with Gasteiger partial charge in [-0.1, -0.05) is 12.1 Å². The Labute approximate surface area is 111 Å². The second kappa shape index (κ2) is 6.06. The molecule has 19 heavy (non-hydrogen) atoms. The first-order valence-corrected chi connectivity index (χ1v) is 5.92. The van der Waals surface area contributed by atoms with E-state index in [9.17, 15) is 4.79 Å². The van der Waals surface area contributed by atoms with E-state index < -0.39 is 5.97 Å². The molecule has 0 atom stereocenters. The Morgan fingerprint density at radius 2 is 1.95 bits per heavy atom. The van der Waals surface area contributed by atoms with Crippen LogP contribution < -0.4 is 0 Å². The molecule has 0 unspecified atom stereocenters. The number of aromatic carboxylic acids is 1. The Kier molecular flexibility index (Phi) is 4.20. The van der Waals surface area contributed by atoms with Gasteiger partial charge in [0.15, 0.2) is 5.69 Å². The van der Waals surface area contributed by atoms with Crippen LogP contribution in [0.2, 0.25) is 0 Å². The summed E-state index contributed by atoms with van der Waals surface area (Å²) in [5.74, 6) is -0.998. The summed E-state index contributed by atoms with van der Waals surface area (Å²) in [7, 11) is 1.92. The molecule has 2 rings (SSSR count). The molecule has 0 radical (unpaired) electrons. The first kappa shape index (κ1) is 13.2. The topological polar surface area (TPSA) is 66.3 Å². The van der Waals surface area contributed by atoms with Crippen molar-refractivity contribution in [2.75, 3.05) is 7.05 Å². The zero-order valence-corrected chi connectivity index (χ0v) is 10.7. The van der Waals surface area contributed by atoms with Crippen molar-refractivity contribution < 1.29 is 9.90 Å². The van der Waals surface area contributed by atoms with Crippen molar-refractivity contribution in [2.24, 2.45) is 0 Å². The Balaban J connectivity index is 2.07. The molecule has 2 heterocycles. The van der Waals surface area contributed by atoms with Crippen LogP contribution in [0.25, 0.3) is 0 Å². The minimum absolute atomic E-state index is 0.107. The average molecular weight is 257 g/mol. The third-order valence-corrected chi connectivity index (χ3v) is 2.69. The van der Waals surface area contributed by atoms with Crippen LogP contribution in [0.3, 0.4) is 0 Å². The highest BCUT2D eigenvalue weighted by atomic mass is 16.4. The molecule has 0 saturated carbocycles. The van der Waals surface area contributed by atoms with Gasteiger partial charge in [0.2, 0.25) is 0 Å². The largest absolute Gasteiger partial charge is 0.477 e. The SMILES string of the molecule is CN(Cc1ccccn1)Cc1cccnc1C(=O)O. The highest BCUT2D eigenvalue weighted by Gasteiger charge is 2.12. The van der Waals surface area contributed by atoms with Gasteiger partial charge in [-0.05, 0) is 30.8 Å². The number of aromatic nitrogens is 2. The van der Waals surface area contributed by atoms with E-state index >= 15 is 0 Å². The molecular formula is C14H15N3O2. The van der Waals surface area contributed by atoms with Crippen molar-refractivity contribution in [3.8, 4) is 0 Å². The quantitative estimate of drug-likeness (QED) is 0.884. The second-order valence-corrected chi connectivity index (χ2v) is 4.31. The fraction of sp³-hybridized carbons (Fsp3) is 0.214. The lowest BCUT2D eigenvalue weighted by Gasteiger charge is -2.16. The molecule has 0 amide bonds. The molecule has 0 saturated heterocycles. The summed E-state index contributed by atoms with van der Waals surface area (Å²) in [5.41, 5.74) is 1.76. The molecule has 0 fully saturated rings. The molecule has 0 aliphatic carbocycles. The van der Waals surface area contributed by atoms with E-state index in [2.05, 4.69) is 9.97 Å². The van der Waals surface area contributed by atoms with Gasteiger partial charge in [0.05, 0.1) is 5.69 Å². The lowest BCUT2D eigenvalue weighted by atomic mass is 10.2. The van der Waals surface area contributed by atoms with Crippen LogP contribution in [-0.2, 0) is 13.1 Å². The van der Waals surface area contributed by atoms with E-state index in [1.807, 2.05) is 30.1 Å². The van der Waals surface area contributed by atoms with Gasteiger partial charge >= 0.3 is 5.97 Å². The summed E-state index contributed by atoms with van der Waals surface area (Å²) in [6.07, 6.45) is 3.24. The zero-order valence-electron chi connectivity index (χ0n) is 10.7. The Morgan fingerprint density at radius 1 is 1.16 bits per heavy atom. The van der Waals surface area contributed by atoms with Gasteiger partial charge in [0.25, 0.3) is 0 Å². The van der Waals surface area contributed by atoms with Crippen molar-refractivity contribution in [1.82, 2.24) is 14.9 Å². The summed E-state index contributed by atoms with van der Waals surface area (Å²) in [6.45, 7) is 1.18. The molecule has 0 spiro atoms. The maximum absolute atomic E-state index is 11.1. The monoisotopic (exact) mass is 257 g/mol. The molecule has 98 valence electrons. The van der Waals surface area contributed by atoms with E-state index in [0.717, 1.165) is 5.69 Å². The van der Waals surface area contributed by atoms with E-state index in [-0.39, 0.29) is 5.69 Å². The molecule has 0 bridgehead atoms. The van der Waals surface area contributed by atoms with Crippen LogP contribution in [0.1, 0.15) is 21.7 Å². The number of hydrogen-bond acceptors (Lipinski definition) is 4. The highest BCUT2D eigenvalue weighted by Crippen LogP contribution is 2.10. The normalized spacial score (nSPS) is 10.6. The molecule has 0 aliphatic rings. The number of rotatable bonds is 5. The number of hydrogen-bond donors (Lipinski definition) is 1. The standard InChI is InChI=1S/C14H15N3O2/c1-17(10-12-6-2-3-7-15-12)9-11-5-4-8-16-13(11)14(18)19/h2-8H,9-10H2,1H3,(H,18,19). The van der Waals surface area contributed by atoms with Crippen LogP contribution in [0.5, 0.6) is 0 Å². The van der Waals surface area contributed by atoms with Crippen molar-refractivity contribution in [3.63, 3.8) is 0 Å². The number of carboxylic acids is 1. The fourth-order valence-electron chi connectivity index (χ4n) is 1.87. The molecule has 1 N–H and O–H groups in total. The van der Waals surface area contributed by atoms with Crippen LogP contribution >= 0.6 is 0 Å². The van der Waals surface area contributed by atoms with E-state index in [0.29, 0.717) is 18.7 Å². The summed E-state index contributed by atoms with van der Waals surface area (Å²) in [4.78, 5) is 21.2. The molecule has 2 aromatic heterocycles. The van der Waals surface area contributed by atoms with Gasteiger partial charge < -0.3 is 5.11 Å². The average Bonchev–Trinajstić information content (AvgIpc) is 2.40. The zero-order chi connectivity index (χ0) is 13.7. The van der Waals surface area contributed by atoms with Crippen LogP contribution in [0.4, 0.5) is 0 Å². The Hall–Kier alpha value is -2.27. The molecule has 0 aliphatic heterocycles. The van der Waals surface area contributed by atoms with Gasteiger partial charge in [-0.2, -0.15) is 0 Å². The Bertz CT molecular complexity index is 558. The van der Waals surface area contributed by atoms with E-state index in [4.69, 9.17) is 5.11 Å². The number of carboxylic acid groups (broad SMARTS) is 1. The van der Waals surface area contributed by atoms with Crippen molar-refractivity contribution in [1.29, 1.82) is 0 Å². The molecule has 0 aromatic carbocycles. The summed E-state index contributed by atoms with van der Waals surface area (Å²) in [6, 6.07) is 9.27. The first-order chi connectivity index (χ1) is 9.16. The summed E-state index contributed by atoms with van der Waals surface area (Å²) < 4.78 is 0. The van der Waals surface area contributed by atoms with Gasteiger partial charge in [-0.15, -0.1) is 0 Å². The first-order valence-electron chi connectivity index (χ1n) is 5.92. The predicted octanol–water partition coefficient (Wildman–Crippen LogP) is 1.81. The van der Waals surface area contributed by atoms with E-state index in [1.165, 1.54) is 6.20 Å². The van der Waals surface area contributed by atoms with Gasteiger partial charge in [-0.25, -0.2) is 9.78 Å². The van der Waals surface area contributed by atoms with Crippen molar-refractivity contribution >= 4 is 5.97 Å². The third kappa shape index (κ3) is 3.59. The third-order valence-electron chi connectivity index (χ3n) is 2.69. The second-order valence-electron chi connectivity index (χ2n) is 4.31. The highest BCUT2D eigenvalue weighted by molar-refractivity contribution is 5.86. The van der Waals surface area contributed by atoms with Crippen LogP contribution in [-0.4, -0.2) is 33.0 Å². The number of carbonyl (C=O) groups is 1. The molecule has 5 heteroatoms. The van der Waals surface area contributed by atoms with Crippen LogP contribution in [0, 0.1) is 0 Å². The minimum atomic E-state index is -0.998.